The maximum Gasteiger partial charge on any atom is 0.401 e. The summed E-state index contributed by atoms with van der Waals surface area (Å²) >= 11 is 0. The number of likely N-dealkylation sites (tertiary alicyclic amines) is 1. The maximum absolute atomic E-state index is 12.4. The third-order valence-electron chi connectivity index (χ3n) is 4.81. The Bertz CT molecular complexity index is 615. The number of hydrogen-bond donors (Lipinski definition) is 2. The summed E-state index contributed by atoms with van der Waals surface area (Å²) in [5.74, 6) is 2.68. The summed E-state index contributed by atoms with van der Waals surface area (Å²) in [6.45, 7) is 5.61. The Morgan fingerprint density at radius 2 is 1.90 bits per heavy atom. The molecule has 168 valence electrons. The van der Waals surface area contributed by atoms with Gasteiger partial charge in [-0.25, -0.2) is 0 Å². The number of rotatable bonds is 8. The van der Waals surface area contributed by atoms with E-state index in [9.17, 15) is 13.2 Å². The summed E-state index contributed by atoms with van der Waals surface area (Å²) in [6, 6.07) is 0. The molecule has 1 aromatic heterocycles. The van der Waals surface area contributed by atoms with E-state index in [1.165, 1.54) is 4.90 Å². The molecule has 2 N–H and O–H groups in total. The van der Waals surface area contributed by atoms with Gasteiger partial charge in [0.1, 0.15) is 0 Å². The zero-order valence-electron chi connectivity index (χ0n) is 17.3. The largest absolute Gasteiger partial charge is 0.401 e. The molecule has 11 heteroatoms. The number of aromatic nitrogens is 2. The zero-order chi connectivity index (χ0) is 20.6. The van der Waals surface area contributed by atoms with Crippen molar-refractivity contribution >= 4 is 29.9 Å². The lowest BCUT2D eigenvalue weighted by Crippen LogP contribution is -2.42. The second-order valence-electron chi connectivity index (χ2n) is 7.50. The number of hydrogen-bond acceptors (Lipinski definition) is 5. The smallest absolute Gasteiger partial charge is 0.356 e. The Labute approximate surface area is 187 Å². The third kappa shape index (κ3) is 9.96. The molecule has 0 unspecified atom stereocenters. The highest BCUT2D eigenvalue weighted by Gasteiger charge is 2.32. The van der Waals surface area contributed by atoms with Crippen LogP contribution in [-0.4, -0.2) is 66.9 Å². The fourth-order valence-corrected chi connectivity index (χ4v) is 3.19. The van der Waals surface area contributed by atoms with E-state index in [0.717, 1.165) is 25.8 Å². The molecule has 0 aliphatic carbocycles. The molecule has 0 spiro atoms. The lowest BCUT2D eigenvalue weighted by Gasteiger charge is -2.32. The van der Waals surface area contributed by atoms with E-state index >= 15 is 0 Å². The Hall–Kier alpha value is -1.11. The van der Waals surface area contributed by atoms with Crippen LogP contribution in [0.3, 0.4) is 0 Å². The molecule has 0 saturated carbocycles. The summed E-state index contributed by atoms with van der Waals surface area (Å²) in [4.78, 5) is 10.0. The van der Waals surface area contributed by atoms with E-state index in [0.29, 0.717) is 49.6 Å². The van der Waals surface area contributed by atoms with Crippen molar-refractivity contribution in [2.24, 2.45) is 10.9 Å². The molecule has 1 aliphatic rings. The normalized spacial score (nSPS) is 16.7. The Morgan fingerprint density at radius 3 is 2.45 bits per heavy atom. The van der Waals surface area contributed by atoms with Crippen LogP contribution in [-0.2, 0) is 6.42 Å². The molecule has 1 fully saturated rings. The number of alkyl halides is 3. The van der Waals surface area contributed by atoms with Crippen LogP contribution >= 0.6 is 24.0 Å². The van der Waals surface area contributed by atoms with Gasteiger partial charge in [-0.2, -0.15) is 18.2 Å². The van der Waals surface area contributed by atoms with Gasteiger partial charge in [-0.3, -0.25) is 9.89 Å². The van der Waals surface area contributed by atoms with Gasteiger partial charge in [0.15, 0.2) is 11.8 Å². The van der Waals surface area contributed by atoms with Gasteiger partial charge in [0.05, 0.1) is 6.54 Å². The molecular weight excluding hydrogens is 500 g/mol. The van der Waals surface area contributed by atoms with E-state index in [4.69, 9.17) is 4.52 Å². The van der Waals surface area contributed by atoms with Gasteiger partial charge in [0.2, 0.25) is 5.89 Å². The number of nitrogens with one attached hydrogen (secondary N) is 2. The molecule has 0 aromatic carbocycles. The molecule has 1 aromatic rings. The number of aliphatic imine (C=N–C) groups is 1. The van der Waals surface area contributed by atoms with Crippen molar-refractivity contribution in [2.45, 2.75) is 51.6 Å². The van der Waals surface area contributed by atoms with E-state index in [1.807, 2.05) is 13.8 Å². The molecule has 1 saturated heterocycles. The predicted octanol–water partition coefficient (Wildman–Crippen LogP) is 3.18. The van der Waals surface area contributed by atoms with Gasteiger partial charge in [0, 0.05) is 32.5 Å². The minimum absolute atomic E-state index is 0. The van der Waals surface area contributed by atoms with E-state index in [2.05, 4.69) is 25.8 Å². The molecule has 29 heavy (non-hydrogen) atoms. The maximum atomic E-state index is 12.4. The fourth-order valence-electron chi connectivity index (χ4n) is 3.19. The Morgan fingerprint density at radius 1 is 1.24 bits per heavy atom. The zero-order valence-corrected chi connectivity index (χ0v) is 19.6. The van der Waals surface area contributed by atoms with Crippen molar-refractivity contribution in [2.75, 3.05) is 39.8 Å². The average molecular weight is 532 g/mol. The van der Waals surface area contributed by atoms with E-state index in [1.54, 1.807) is 7.05 Å². The minimum atomic E-state index is -4.11. The number of piperidine rings is 1. The number of guanidine groups is 1. The average Bonchev–Trinajstić information content (AvgIpc) is 3.10. The Balaban J connectivity index is 0.00000420. The highest BCUT2D eigenvalue weighted by atomic mass is 127. The topological polar surface area (TPSA) is 78.6 Å². The number of nitrogens with zero attached hydrogens (tertiary/aromatic N) is 4. The second-order valence-corrected chi connectivity index (χ2v) is 7.50. The van der Waals surface area contributed by atoms with Crippen LogP contribution < -0.4 is 10.6 Å². The fraction of sp³-hybridized carbons (Fsp3) is 0.833. The van der Waals surface area contributed by atoms with Crippen LogP contribution in [0.15, 0.2) is 9.52 Å². The SMILES string of the molecule is CN=C(NCCc1nc(C(C)C)no1)NCCC1CCN(CC(F)(F)F)CC1.I. The highest BCUT2D eigenvalue weighted by molar-refractivity contribution is 14.0. The van der Waals surface area contributed by atoms with Crippen molar-refractivity contribution in [3.63, 3.8) is 0 Å². The van der Waals surface area contributed by atoms with Gasteiger partial charge in [-0.15, -0.1) is 24.0 Å². The summed E-state index contributed by atoms with van der Waals surface area (Å²) in [5, 5.41) is 10.4. The summed E-state index contributed by atoms with van der Waals surface area (Å²) in [7, 11) is 1.70. The van der Waals surface area contributed by atoms with Crippen LogP contribution in [0.5, 0.6) is 0 Å². The molecule has 1 aliphatic heterocycles. The van der Waals surface area contributed by atoms with Gasteiger partial charge >= 0.3 is 6.18 Å². The van der Waals surface area contributed by atoms with E-state index in [-0.39, 0.29) is 29.9 Å². The van der Waals surface area contributed by atoms with Crippen molar-refractivity contribution in [3.05, 3.63) is 11.7 Å². The highest BCUT2D eigenvalue weighted by Crippen LogP contribution is 2.23. The molecule has 2 rings (SSSR count). The number of halogens is 4. The third-order valence-corrected chi connectivity index (χ3v) is 4.81. The van der Waals surface area contributed by atoms with E-state index < -0.39 is 12.7 Å². The Kier molecular flexibility index (Phi) is 11.2. The summed E-state index contributed by atoms with van der Waals surface area (Å²) < 4.78 is 42.5. The lowest BCUT2D eigenvalue weighted by atomic mass is 9.93. The summed E-state index contributed by atoms with van der Waals surface area (Å²) in [5.41, 5.74) is 0. The minimum Gasteiger partial charge on any atom is -0.356 e. The van der Waals surface area contributed by atoms with Crippen molar-refractivity contribution in [3.8, 4) is 0 Å². The standard InChI is InChI=1S/C18H31F3N6O.HI/c1-13(2)16-25-15(28-26-16)5-9-24-17(22-3)23-8-4-14-6-10-27(11-7-14)12-18(19,20)21;/h13-14H,4-12H2,1-3H3,(H2,22,23,24);1H. The lowest BCUT2D eigenvalue weighted by molar-refractivity contribution is -0.148. The first-order valence-electron chi connectivity index (χ1n) is 9.83. The first-order chi connectivity index (χ1) is 13.3. The van der Waals surface area contributed by atoms with Gasteiger partial charge in [0.25, 0.3) is 0 Å². The summed E-state index contributed by atoms with van der Waals surface area (Å²) in [6.07, 6.45) is -0.970. The molecular formula is C18H32F3IN6O. The van der Waals surface area contributed by atoms with Crippen molar-refractivity contribution in [1.82, 2.24) is 25.7 Å². The molecule has 2 heterocycles. The van der Waals surface area contributed by atoms with Gasteiger partial charge in [-0.1, -0.05) is 19.0 Å². The van der Waals surface area contributed by atoms with Crippen LogP contribution in [0.25, 0.3) is 0 Å². The molecule has 0 atom stereocenters. The first kappa shape index (κ1) is 25.9. The van der Waals surface area contributed by atoms with Crippen molar-refractivity contribution in [1.29, 1.82) is 0 Å². The van der Waals surface area contributed by atoms with Crippen LogP contribution in [0, 0.1) is 5.92 Å². The van der Waals surface area contributed by atoms with Crippen LogP contribution in [0.4, 0.5) is 13.2 Å². The first-order valence-corrected chi connectivity index (χ1v) is 9.83. The van der Waals surface area contributed by atoms with Crippen LogP contribution in [0.1, 0.15) is 50.7 Å². The predicted molar refractivity (Wildman–Crippen MR) is 117 cm³/mol. The second kappa shape index (κ2) is 12.6. The van der Waals surface area contributed by atoms with Gasteiger partial charge < -0.3 is 15.2 Å². The molecule has 0 amide bonds. The molecule has 7 nitrogen and oxygen atoms in total. The monoisotopic (exact) mass is 532 g/mol. The molecule has 0 radical (unpaired) electrons. The molecule has 0 bridgehead atoms. The van der Waals surface area contributed by atoms with Gasteiger partial charge in [-0.05, 0) is 38.3 Å². The van der Waals surface area contributed by atoms with Crippen molar-refractivity contribution < 1.29 is 17.7 Å². The van der Waals surface area contributed by atoms with Crippen LogP contribution in [0.2, 0.25) is 0 Å². The quantitative estimate of drug-likeness (QED) is 0.304.